The van der Waals surface area contributed by atoms with E-state index in [-0.39, 0.29) is 0 Å². The van der Waals surface area contributed by atoms with Crippen LogP contribution in [0.3, 0.4) is 0 Å². The van der Waals surface area contributed by atoms with E-state index >= 15 is 0 Å². The predicted molar refractivity (Wildman–Crippen MR) is 119 cm³/mol. The van der Waals surface area contributed by atoms with E-state index < -0.39 is 0 Å². The molecule has 3 aromatic heterocycles. The molecular weight excluding hydrogens is 378 g/mol. The zero-order chi connectivity index (χ0) is 20.8. The van der Waals surface area contributed by atoms with Crippen molar-refractivity contribution in [1.82, 2.24) is 29.6 Å². The molecular formula is C21H23N9. The maximum Gasteiger partial charge on any atom is 0.168 e. The molecule has 2 N–H and O–H groups in total. The number of hydrazone groups is 1. The van der Waals surface area contributed by atoms with Gasteiger partial charge >= 0.3 is 0 Å². The lowest BCUT2D eigenvalue weighted by atomic mass is 10.3. The largest absolute Gasteiger partial charge is 0.369 e. The van der Waals surface area contributed by atoms with E-state index in [2.05, 4.69) is 40.8 Å². The molecule has 9 nitrogen and oxygen atoms in total. The highest BCUT2D eigenvalue weighted by molar-refractivity contribution is 5.88. The van der Waals surface area contributed by atoms with Crippen molar-refractivity contribution in [1.29, 1.82) is 0 Å². The highest BCUT2D eigenvalue weighted by atomic mass is 15.3. The molecule has 0 spiro atoms. The van der Waals surface area contributed by atoms with Gasteiger partial charge in [-0.05, 0) is 38.4 Å². The second-order valence-electron chi connectivity index (χ2n) is 6.93. The number of aromatic nitrogens is 5. The van der Waals surface area contributed by atoms with Gasteiger partial charge in [-0.3, -0.25) is 5.43 Å². The molecule has 9 heteroatoms. The Bertz CT molecular complexity index is 1120. The standard InChI is InChI=1S/C21H23N9/c1-29(2)11-10-22-19-9-8-16(12-23-19)13-26-28-20-18-14-27-30(21(18)25-15-24-20)17-6-4-3-5-7-17/h3-9,12-15H,10-11H2,1-2H3,(H,22,23)(H,24,25,28). The SMILES string of the molecule is CN(C)CCNc1ccc(C=NNc2ncnc3c2cnn3-c2ccccc2)cn1. The molecule has 0 saturated heterocycles. The first-order chi connectivity index (χ1) is 14.7. The summed E-state index contributed by atoms with van der Waals surface area (Å²) in [4.78, 5) is 15.2. The zero-order valence-electron chi connectivity index (χ0n) is 16.9. The molecule has 0 saturated carbocycles. The summed E-state index contributed by atoms with van der Waals surface area (Å²) in [6.45, 7) is 1.79. The summed E-state index contributed by atoms with van der Waals surface area (Å²) >= 11 is 0. The molecule has 0 unspecified atom stereocenters. The predicted octanol–water partition coefficient (Wildman–Crippen LogP) is 2.63. The van der Waals surface area contributed by atoms with Gasteiger partial charge in [0, 0.05) is 24.8 Å². The van der Waals surface area contributed by atoms with Gasteiger partial charge in [0.15, 0.2) is 11.5 Å². The van der Waals surface area contributed by atoms with Crippen molar-refractivity contribution in [3.05, 3.63) is 66.7 Å². The van der Waals surface area contributed by atoms with E-state index in [9.17, 15) is 0 Å². The lowest BCUT2D eigenvalue weighted by Gasteiger charge is -2.10. The van der Waals surface area contributed by atoms with E-state index in [0.29, 0.717) is 11.5 Å². The number of pyridine rings is 1. The van der Waals surface area contributed by atoms with Crippen LogP contribution in [0.25, 0.3) is 16.7 Å². The number of benzene rings is 1. The lowest BCUT2D eigenvalue weighted by Crippen LogP contribution is -2.21. The van der Waals surface area contributed by atoms with Gasteiger partial charge < -0.3 is 10.2 Å². The molecule has 0 aliphatic rings. The first-order valence-corrected chi connectivity index (χ1v) is 9.58. The van der Waals surface area contributed by atoms with Crippen LogP contribution >= 0.6 is 0 Å². The Morgan fingerprint density at radius 1 is 1.03 bits per heavy atom. The summed E-state index contributed by atoms with van der Waals surface area (Å²) in [5.41, 5.74) is 5.51. The highest BCUT2D eigenvalue weighted by Crippen LogP contribution is 2.21. The maximum atomic E-state index is 4.44. The molecule has 30 heavy (non-hydrogen) atoms. The van der Waals surface area contributed by atoms with Crippen molar-refractivity contribution in [2.75, 3.05) is 37.9 Å². The van der Waals surface area contributed by atoms with Crippen molar-refractivity contribution in [3.63, 3.8) is 0 Å². The second kappa shape index (κ2) is 9.10. The fourth-order valence-corrected chi connectivity index (χ4v) is 2.85. The van der Waals surface area contributed by atoms with Crippen LogP contribution in [-0.4, -0.2) is 63.0 Å². The van der Waals surface area contributed by atoms with Gasteiger partial charge in [-0.25, -0.2) is 19.6 Å². The average molecular weight is 401 g/mol. The zero-order valence-corrected chi connectivity index (χ0v) is 16.9. The monoisotopic (exact) mass is 401 g/mol. The molecule has 0 aliphatic heterocycles. The number of hydrogen-bond acceptors (Lipinski definition) is 8. The maximum absolute atomic E-state index is 4.44. The van der Waals surface area contributed by atoms with Crippen molar-refractivity contribution in [2.24, 2.45) is 5.10 Å². The minimum Gasteiger partial charge on any atom is -0.369 e. The van der Waals surface area contributed by atoms with Gasteiger partial charge in [0.2, 0.25) is 0 Å². The van der Waals surface area contributed by atoms with Crippen LogP contribution < -0.4 is 10.7 Å². The van der Waals surface area contributed by atoms with Crippen LogP contribution in [0.1, 0.15) is 5.56 Å². The van der Waals surface area contributed by atoms with Gasteiger partial charge in [0.1, 0.15) is 12.1 Å². The number of hydrogen-bond donors (Lipinski definition) is 2. The summed E-state index contributed by atoms with van der Waals surface area (Å²) < 4.78 is 1.78. The van der Waals surface area contributed by atoms with Gasteiger partial charge in [0.25, 0.3) is 0 Å². The smallest absolute Gasteiger partial charge is 0.168 e. The van der Waals surface area contributed by atoms with E-state index in [0.717, 1.165) is 35.5 Å². The summed E-state index contributed by atoms with van der Waals surface area (Å²) in [6.07, 6.45) is 6.70. The van der Waals surface area contributed by atoms with Crippen molar-refractivity contribution >= 4 is 28.9 Å². The third kappa shape index (κ3) is 4.58. The van der Waals surface area contributed by atoms with Gasteiger partial charge in [-0.2, -0.15) is 10.2 Å². The third-order valence-electron chi connectivity index (χ3n) is 4.40. The summed E-state index contributed by atoms with van der Waals surface area (Å²) in [5, 5.41) is 12.8. The highest BCUT2D eigenvalue weighted by Gasteiger charge is 2.10. The first kappa shape index (κ1) is 19.5. The lowest BCUT2D eigenvalue weighted by molar-refractivity contribution is 0.425. The minimum absolute atomic E-state index is 0.591. The molecule has 1 aromatic carbocycles. The molecule has 0 bridgehead atoms. The number of rotatable bonds is 8. The van der Waals surface area contributed by atoms with Crippen LogP contribution in [0, 0.1) is 0 Å². The first-order valence-electron chi connectivity index (χ1n) is 9.58. The van der Waals surface area contributed by atoms with Crippen LogP contribution in [0.2, 0.25) is 0 Å². The molecule has 152 valence electrons. The average Bonchev–Trinajstić information content (AvgIpc) is 3.20. The fourth-order valence-electron chi connectivity index (χ4n) is 2.85. The molecule has 0 atom stereocenters. The number of nitrogens with one attached hydrogen (secondary N) is 2. The molecule has 4 aromatic rings. The third-order valence-corrected chi connectivity index (χ3v) is 4.40. The Labute approximate surface area is 174 Å². The van der Waals surface area contributed by atoms with Gasteiger partial charge in [-0.15, -0.1) is 0 Å². The summed E-state index contributed by atoms with van der Waals surface area (Å²) in [7, 11) is 4.08. The molecule has 0 aliphatic carbocycles. The Morgan fingerprint density at radius 2 is 1.90 bits per heavy atom. The molecule has 0 radical (unpaired) electrons. The van der Waals surface area contributed by atoms with Crippen LogP contribution in [0.15, 0.2) is 66.3 Å². The van der Waals surface area contributed by atoms with Crippen LogP contribution in [-0.2, 0) is 0 Å². The number of fused-ring (bicyclic) bond motifs is 1. The van der Waals surface area contributed by atoms with E-state index in [1.165, 1.54) is 6.33 Å². The van der Waals surface area contributed by atoms with Crippen LogP contribution in [0.4, 0.5) is 11.6 Å². The fraction of sp³-hybridized carbons (Fsp3) is 0.190. The normalized spacial score (nSPS) is 11.4. The Balaban J connectivity index is 1.44. The second-order valence-corrected chi connectivity index (χ2v) is 6.93. The van der Waals surface area contributed by atoms with Crippen LogP contribution in [0.5, 0.6) is 0 Å². The van der Waals surface area contributed by atoms with E-state index in [1.807, 2.05) is 56.6 Å². The Morgan fingerprint density at radius 3 is 2.67 bits per heavy atom. The number of para-hydroxylation sites is 1. The molecule has 3 heterocycles. The molecule has 4 rings (SSSR count). The molecule has 0 amide bonds. The topological polar surface area (TPSA) is 96.1 Å². The van der Waals surface area contributed by atoms with Crippen molar-refractivity contribution in [3.8, 4) is 5.69 Å². The minimum atomic E-state index is 0.591. The Hall–Kier alpha value is -3.85. The van der Waals surface area contributed by atoms with Gasteiger partial charge in [-0.1, -0.05) is 18.2 Å². The van der Waals surface area contributed by atoms with Crippen molar-refractivity contribution < 1.29 is 0 Å². The number of anilines is 2. The molecule has 0 fully saturated rings. The Kier molecular flexibility index (Phi) is 5.90. The van der Waals surface area contributed by atoms with Crippen molar-refractivity contribution in [2.45, 2.75) is 0 Å². The van der Waals surface area contributed by atoms with E-state index in [4.69, 9.17) is 0 Å². The van der Waals surface area contributed by atoms with Gasteiger partial charge in [0.05, 0.1) is 23.5 Å². The summed E-state index contributed by atoms with van der Waals surface area (Å²) in [5.74, 6) is 1.43. The van der Waals surface area contributed by atoms with E-state index in [1.54, 1.807) is 23.3 Å². The quantitative estimate of drug-likeness (QED) is 0.346. The number of nitrogens with zero attached hydrogens (tertiary/aromatic N) is 7. The summed E-state index contributed by atoms with van der Waals surface area (Å²) in [6, 6.07) is 13.7. The number of likely N-dealkylation sites (N-methyl/N-ethyl adjacent to an activating group) is 1.